The van der Waals surface area contributed by atoms with Gasteiger partial charge < -0.3 is 15.0 Å². The second kappa shape index (κ2) is 7.21. The van der Waals surface area contributed by atoms with Crippen molar-refractivity contribution < 1.29 is 0 Å². The van der Waals surface area contributed by atoms with Gasteiger partial charge in [0, 0.05) is 47.9 Å². The molecule has 1 aliphatic heterocycles. The van der Waals surface area contributed by atoms with Crippen LogP contribution in [-0.4, -0.2) is 54.2 Å². The van der Waals surface area contributed by atoms with E-state index in [0.717, 1.165) is 47.8 Å². The van der Waals surface area contributed by atoms with Crippen molar-refractivity contribution in [3.63, 3.8) is 0 Å². The molecule has 5 aromatic heterocycles. The molecule has 1 saturated heterocycles. The molecule has 9 nitrogen and oxygen atoms in total. The highest BCUT2D eigenvalue weighted by Gasteiger charge is 2.67. The van der Waals surface area contributed by atoms with Crippen molar-refractivity contribution in [2.75, 3.05) is 24.5 Å². The predicted molar refractivity (Wildman–Crippen MR) is 132 cm³/mol. The Labute approximate surface area is 204 Å². The summed E-state index contributed by atoms with van der Waals surface area (Å²) in [5.74, 6) is 1.92. The van der Waals surface area contributed by atoms with E-state index >= 15 is 0 Å². The molecule has 6 heterocycles. The van der Waals surface area contributed by atoms with E-state index in [1.807, 2.05) is 29.8 Å². The highest BCUT2D eigenvalue weighted by molar-refractivity contribution is 7.09. The van der Waals surface area contributed by atoms with Crippen molar-refractivity contribution in [3.8, 4) is 11.3 Å². The largest absolute Gasteiger partial charge is 0.355 e. The van der Waals surface area contributed by atoms with Gasteiger partial charge in [-0.1, -0.05) is 11.6 Å². The molecule has 0 amide bonds. The number of piperidine rings is 1. The molecule has 5 aromatic rings. The van der Waals surface area contributed by atoms with E-state index in [1.165, 1.54) is 5.01 Å². The van der Waals surface area contributed by atoms with Crippen LogP contribution < -0.4 is 10.6 Å². The summed E-state index contributed by atoms with van der Waals surface area (Å²) in [5, 5.41) is 11.4. The van der Waals surface area contributed by atoms with Crippen LogP contribution in [0.15, 0.2) is 36.4 Å². The first-order chi connectivity index (χ1) is 16.6. The molecule has 2 aliphatic rings. The van der Waals surface area contributed by atoms with Gasteiger partial charge in [0.05, 0.1) is 35.0 Å². The number of aryl methyl sites for hydroxylation is 1. The number of nitrogens with two attached hydrogens (primary N) is 1. The number of rotatable bonds is 4. The molecule has 172 valence electrons. The SMILES string of the molecule is Cc1csc([C@@]2(CN)[C@@H]3CCN(c4cnc5c(-c6cc7cncn7cc6Cl)[nH]nc5n4)C[C@@H]32)n1. The van der Waals surface area contributed by atoms with Gasteiger partial charge in [-0.2, -0.15) is 5.10 Å². The van der Waals surface area contributed by atoms with Crippen LogP contribution >= 0.6 is 22.9 Å². The third-order valence-electron chi connectivity index (χ3n) is 7.53. The number of aromatic amines is 1. The fourth-order valence-corrected chi connectivity index (χ4v) is 7.11. The monoisotopic (exact) mass is 491 g/mol. The van der Waals surface area contributed by atoms with E-state index in [1.54, 1.807) is 23.9 Å². The Morgan fingerprint density at radius 2 is 2.21 bits per heavy atom. The van der Waals surface area contributed by atoms with Gasteiger partial charge in [0.2, 0.25) is 5.65 Å². The summed E-state index contributed by atoms with van der Waals surface area (Å²) in [6.07, 6.45) is 8.26. The van der Waals surface area contributed by atoms with Crippen molar-refractivity contribution in [1.82, 2.24) is 34.5 Å². The Bertz CT molecular complexity index is 1550. The summed E-state index contributed by atoms with van der Waals surface area (Å²) >= 11 is 8.29. The summed E-state index contributed by atoms with van der Waals surface area (Å²) in [5.41, 5.74) is 11.2. The third kappa shape index (κ3) is 2.79. The summed E-state index contributed by atoms with van der Waals surface area (Å²) in [6, 6.07) is 1.97. The second-order valence-corrected chi connectivity index (χ2v) is 10.5. The average Bonchev–Trinajstić information content (AvgIpc) is 3.29. The molecular formula is C23H22ClN9S. The number of imidazole rings is 1. The molecule has 1 saturated carbocycles. The molecule has 11 heteroatoms. The third-order valence-corrected chi connectivity index (χ3v) is 8.98. The molecule has 0 spiro atoms. The molecule has 3 N–H and O–H groups in total. The van der Waals surface area contributed by atoms with Gasteiger partial charge in [-0.15, -0.1) is 11.3 Å². The first-order valence-electron chi connectivity index (χ1n) is 11.3. The van der Waals surface area contributed by atoms with E-state index in [0.29, 0.717) is 34.6 Å². The van der Waals surface area contributed by atoms with E-state index in [9.17, 15) is 0 Å². The highest BCUT2D eigenvalue weighted by atomic mass is 35.5. The standard InChI is InChI=1S/C23H22ClN9S/c1-12-9-34-22(28-12)23(10-25)15-2-3-32(7-16(15)23)18-6-27-20-19(30-31-21(20)29-18)14-4-13-5-26-11-33(13)8-17(14)24/h4-6,8-9,11,15-16H,2-3,7,10,25H2,1H3,(H,29,30,31)/t15-,16+,23+/m1/s1. The normalized spacial score (nSPS) is 24.1. The maximum Gasteiger partial charge on any atom is 0.202 e. The Hall–Kier alpha value is -3.08. The minimum Gasteiger partial charge on any atom is -0.355 e. The number of hydrogen-bond donors (Lipinski definition) is 2. The Morgan fingerprint density at radius 1 is 1.29 bits per heavy atom. The Kier molecular flexibility index (Phi) is 4.31. The van der Waals surface area contributed by atoms with Crippen LogP contribution in [0, 0.1) is 18.8 Å². The quantitative estimate of drug-likeness (QED) is 0.395. The Morgan fingerprint density at radius 3 is 3.03 bits per heavy atom. The zero-order valence-electron chi connectivity index (χ0n) is 18.4. The first kappa shape index (κ1) is 20.3. The van der Waals surface area contributed by atoms with Gasteiger partial charge >= 0.3 is 0 Å². The number of pyridine rings is 1. The molecule has 7 rings (SSSR count). The van der Waals surface area contributed by atoms with Crippen LogP contribution in [0.2, 0.25) is 5.02 Å². The van der Waals surface area contributed by atoms with Crippen molar-refractivity contribution in [2.24, 2.45) is 17.6 Å². The average molecular weight is 492 g/mol. The maximum atomic E-state index is 6.55. The number of fused-ring (bicyclic) bond motifs is 3. The van der Waals surface area contributed by atoms with Gasteiger partial charge in [0.1, 0.15) is 16.3 Å². The number of thiazole rings is 1. The number of nitrogens with zero attached hydrogens (tertiary/aromatic N) is 7. The zero-order valence-corrected chi connectivity index (χ0v) is 20.0. The zero-order chi connectivity index (χ0) is 23.0. The molecular weight excluding hydrogens is 470 g/mol. The predicted octanol–water partition coefficient (Wildman–Crippen LogP) is 3.44. The van der Waals surface area contributed by atoms with Crippen LogP contribution in [0.1, 0.15) is 17.1 Å². The van der Waals surface area contributed by atoms with Crippen molar-refractivity contribution >= 4 is 45.4 Å². The fraction of sp³-hybridized carbons (Fsp3) is 0.348. The summed E-state index contributed by atoms with van der Waals surface area (Å²) in [7, 11) is 0. The number of halogens is 1. The fourth-order valence-electron chi connectivity index (χ4n) is 5.72. The summed E-state index contributed by atoms with van der Waals surface area (Å²) in [4.78, 5) is 20.9. The molecule has 0 radical (unpaired) electrons. The number of anilines is 1. The highest BCUT2D eigenvalue weighted by Crippen LogP contribution is 2.63. The summed E-state index contributed by atoms with van der Waals surface area (Å²) < 4.78 is 1.88. The van der Waals surface area contributed by atoms with E-state index in [4.69, 9.17) is 32.3 Å². The lowest BCUT2D eigenvalue weighted by Gasteiger charge is -2.26. The lowest BCUT2D eigenvalue weighted by atomic mass is 10.0. The lowest BCUT2D eigenvalue weighted by Crippen LogP contribution is -2.32. The van der Waals surface area contributed by atoms with Crippen molar-refractivity contribution in [3.05, 3.63) is 52.1 Å². The molecule has 34 heavy (non-hydrogen) atoms. The van der Waals surface area contributed by atoms with Gasteiger partial charge in [0.25, 0.3) is 0 Å². The van der Waals surface area contributed by atoms with Gasteiger partial charge in [-0.05, 0) is 31.2 Å². The smallest absolute Gasteiger partial charge is 0.202 e. The Balaban J connectivity index is 1.19. The molecule has 0 unspecified atom stereocenters. The van der Waals surface area contributed by atoms with E-state index in [2.05, 4.69) is 25.5 Å². The minimum atomic E-state index is 0.00771. The van der Waals surface area contributed by atoms with Crippen LogP contribution in [0.3, 0.4) is 0 Å². The van der Waals surface area contributed by atoms with Gasteiger partial charge in [-0.3, -0.25) is 5.10 Å². The molecule has 0 bridgehead atoms. The van der Waals surface area contributed by atoms with Crippen LogP contribution in [0.4, 0.5) is 5.82 Å². The van der Waals surface area contributed by atoms with Crippen molar-refractivity contribution in [1.29, 1.82) is 0 Å². The van der Waals surface area contributed by atoms with Crippen LogP contribution in [0.25, 0.3) is 27.9 Å². The van der Waals surface area contributed by atoms with Crippen molar-refractivity contribution in [2.45, 2.75) is 18.8 Å². The number of aromatic nitrogens is 7. The second-order valence-electron chi connectivity index (χ2n) is 9.25. The first-order valence-corrected chi connectivity index (χ1v) is 12.5. The molecule has 0 aromatic carbocycles. The number of nitrogens with one attached hydrogen (secondary N) is 1. The van der Waals surface area contributed by atoms with Gasteiger partial charge in [-0.25, -0.2) is 19.9 Å². The van der Waals surface area contributed by atoms with E-state index in [-0.39, 0.29) is 5.41 Å². The minimum absolute atomic E-state index is 0.00771. The number of H-pyrrole nitrogens is 1. The maximum absolute atomic E-state index is 6.55. The lowest BCUT2D eigenvalue weighted by molar-refractivity contribution is 0.545. The topological polar surface area (TPSA) is 114 Å². The molecule has 2 fully saturated rings. The molecule has 3 atom stereocenters. The summed E-state index contributed by atoms with van der Waals surface area (Å²) in [6.45, 7) is 4.52. The van der Waals surface area contributed by atoms with Crippen LogP contribution in [-0.2, 0) is 5.41 Å². The van der Waals surface area contributed by atoms with Gasteiger partial charge in [0.15, 0.2) is 0 Å². The van der Waals surface area contributed by atoms with E-state index < -0.39 is 0 Å². The van der Waals surface area contributed by atoms with Crippen LogP contribution in [0.5, 0.6) is 0 Å². The molecule has 1 aliphatic carbocycles. The number of hydrogen-bond acceptors (Lipinski definition) is 8.